The molecule has 2 heterocycles. The maximum atomic E-state index is 11.1. The molecule has 23 heavy (non-hydrogen) atoms. The van der Waals surface area contributed by atoms with Crippen LogP contribution in [0.5, 0.6) is 0 Å². The van der Waals surface area contributed by atoms with Crippen molar-refractivity contribution in [2.24, 2.45) is 5.73 Å². The first kappa shape index (κ1) is 19.2. The molecular weight excluding hydrogens is 318 g/mol. The molecule has 1 aromatic heterocycles. The molecule has 0 unspecified atom stereocenters. The maximum absolute atomic E-state index is 11.1. The normalized spacial score (nSPS) is 16.5. The number of hydrogen-bond acceptors (Lipinski definition) is 7. The van der Waals surface area contributed by atoms with E-state index >= 15 is 0 Å². The van der Waals surface area contributed by atoms with Gasteiger partial charge in [0.1, 0.15) is 6.04 Å². The SMILES string of the molecule is C=CCON(C=O)[C@H]1CN(C)Cc2ncsc21.NCCNC=O. The van der Waals surface area contributed by atoms with Crippen LogP contribution in [-0.4, -0.2) is 61.1 Å². The molecule has 0 aliphatic carbocycles. The number of fused-ring (bicyclic) bond motifs is 1. The third-order valence-electron chi connectivity index (χ3n) is 3.00. The molecule has 8 nitrogen and oxygen atoms in total. The molecule has 2 rings (SSSR count). The summed E-state index contributed by atoms with van der Waals surface area (Å²) in [6.45, 7) is 6.56. The number of likely N-dealkylation sites (N-methyl/N-ethyl adjacent to an activating group) is 1. The highest BCUT2D eigenvalue weighted by molar-refractivity contribution is 7.09. The van der Waals surface area contributed by atoms with Crippen LogP contribution >= 0.6 is 11.3 Å². The molecule has 1 aliphatic rings. The summed E-state index contributed by atoms with van der Waals surface area (Å²) in [6, 6.07) is -0.0753. The van der Waals surface area contributed by atoms with Gasteiger partial charge in [-0.05, 0) is 7.05 Å². The van der Waals surface area contributed by atoms with Crippen molar-refractivity contribution >= 4 is 24.2 Å². The van der Waals surface area contributed by atoms with Gasteiger partial charge in [-0.2, -0.15) is 0 Å². The van der Waals surface area contributed by atoms with Gasteiger partial charge >= 0.3 is 0 Å². The Balaban J connectivity index is 0.000000379. The number of thiazole rings is 1. The van der Waals surface area contributed by atoms with Crippen molar-refractivity contribution < 1.29 is 14.4 Å². The Kier molecular flexibility index (Phi) is 9.07. The van der Waals surface area contributed by atoms with Gasteiger partial charge in [-0.25, -0.2) is 10.0 Å². The van der Waals surface area contributed by atoms with Crippen molar-refractivity contribution in [3.05, 3.63) is 28.7 Å². The lowest BCUT2D eigenvalue weighted by Crippen LogP contribution is -2.39. The molecule has 0 fully saturated rings. The van der Waals surface area contributed by atoms with E-state index < -0.39 is 0 Å². The lowest BCUT2D eigenvalue weighted by Gasteiger charge is -2.33. The smallest absolute Gasteiger partial charge is 0.234 e. The number of amides is 2. The molecule has 0 spiro atoms. The molecule has 128 valence electrons. The fourth-order valence-electron chi connectivity index (χ4n) is 2.04. The Bertz CT molecular complexity index is 497. The number of hydroxylamine groups is 2. The van der Waals surface area contributed by atoms with E-state index in [2.05, 4.69) is 21.8 Å². The third-order valence-corrected chi connectivity index (χ3v) is 3.98. The Morgan fingerprint density at radius 3 is 3.00 bits per heavy atom. The summed E-state index contributed by atoms with van der Waals surface area (Å²) in [5.41, 5.74) is 7.84. The summed E-state index contributed by atoms with van der Waals surface area (Å²) < 4.78 is 0. The van der Waals surface area contributed by atoms with Gasteiger partial charge in [0, 0.05) is 26.2 Å². The highest BCUT2D eigenvalue weighted by Crippen LogP contribution is 2.32. The number of rotatable bonds is 8. The first-order valence-corrected chi connectivity index (χ1v) is 8.01. The number of nitrogens with zero attached hydrogens (tertiary/aromatic N) is 3. The lowest BCUT2D eigenvalue weighted by molar-refractivity contribution is -0.185. The van der Waals surface area contributed by atoms with Crippen LogP contribution in [0.3, 0.4) is 0 Å². The van der Waals surface area contributed by atoms with E-state index in [4.69, 9.17) is 10.6 Å². The molecule has 3 N–H and O–H groups in total. The predicted molar refractivity (Wildman–Crippen MR) is 88.4 cm³/mol. The largest absolute Gasteiger partial charge is 0.357 e. The van der Waals surface area contributed by atoms with Crippen molar-refractivity contribution in [1.29, 1.82) is 0 Å². The Morgan fingerprint density at radius 2 is 2.43 bits per heavy atom. The first-order chi connectivity index (χ1) is 11.2. The zero-order chi connectivity index (χ0) is 17.1. The summed E-state index contributed by atoms with van der Waals surface area (Å²) in [6.07, 6.45) is 2.97. The number of nitrogens with two attached hydrogens (primary N) is 1. The quantitative estimate of drug-likeness (QED) is 0.296. The zero-order valence-corrected chi connectivity index (χ0v) is 14.0. The fourth-order valence-corrected chi connectivity index (χ4v) is 2.92. The lowest BCUT2D eigenvalue weighted by atomic mass is 10.1. The summed E-state index contributed by atoms with van der Waals surface area (Å²) >= 11 is 1.57. The van der Waals surface area contributed by atoms with E-state index in [0.717, 1.165) is 30.1 Å². The van der Waals surface area contributed by atoms with E-state index in [1.165, 1.54) is 5.06 Å². The van der Waals surface area contributed by atoms with E-state index in [-0.39, 0.29) is 6.04 Å². The van der Waals surface area contributed by atoms with E-state index in [1.54, 1.807) is 17.4 Å². The molecule has 0 saturated heterocycles. The molecule has 0 radical (unpaired) electrons. The molecule has 0 aromatic carbocycles. The second-order valence-corrected chi connectivity index (χ2v) is 5.67. The standard InChI is InChI=1S/C11H15N3O2S.C3H8N2O/c1-3-4-16-14(8-15)10-6-13(2)5-9-11(10)17-7-12-9;4-1-2-5-3-6/h3,7-8,10H,1,4-6H2,2H3;3H,1-2,4H2,(H,5,6)/t10-;/m0./s1. The number of carbonyl (C=O) groups excluding carboxylic acids is 2. The van der Waals surface area contributed by atoms with Crippen molar-refractivity contribution in [3.63, 3.8) is 0 Å². The molecule has 1 aliphatic heterocycles. The van der Waals surface area contributed by atoms with Gasteiger partial charge in [-0.1, -0.05) is 6.08 Å². The van der Waals surface area contributed by atoms with E-state index in [0.29, 0.717) is 26.1 Å². The summed E-state index contributed by atoms with van der Waals surface area (Å²) in [5.74, 6) is 0. The van der Waals surface area contributed by atoms with Gasteiger partial charge < -0.3 is 11.1 Å². The van der Waals surface area contributed by atoms with Crippen molar-refractivity contribution in [2.45, 2.75) is 12.6 Å². The molecule has 1 atom stereocenters. The van der Waals surface area contributed by atoms with Crippen LogP contribution in [0.25, 0.3) is 0 Å². The molecule has 0 saturated carbocycles. The number of aromatic nitrogens is 1. The molecule has 1 aromatic rings. The zero-order valence-electron chi connectivity index (χ0n) is 13.2. The van der Waals surface area contributed by atoms with E-state index in [9.17, 15) is 9.59 Å². The van der Waals surface area contributed by atoms with Crippen LogP contribution in [0.2, 0.25) is 0 Å². The molecule has 0 bridgehead atoms. The molecular formula is C14H23N5O3S. The third kappa shape index (κ3) is 6.06. The second-order valence-electron chi connectivity index (χ2n) is 4.79. The van der Waals surface area contributed by atoms with Crippen LogP contribution in [0.15, 0.2) is 18.2 Å². The van der Waals surface area contributed by atoms with Gasteiger partial charge in [-0.15, -0.1) is 17.9 Å². The van der Waals surface area contributed by atoms with Crippen LogP contribution in [0, 0.1) is 0 Å². The number of nitrogens with one attached hydrogen (secondary N) is 1. The Hall–Kier alpha value is -1.81. The van der Waals surface area contributed by atoms with Crippen molar-refractivity contribution in [1.82, 2.24) is 20.3 Å². The van der Waals surface area contributed by atoms with Crippen LogP contribution in [0.1, 0.15) is 16.6 Å². The van der Waals surface area contributed by atoms with E-state index in [1.807, 2.05) is 12.6 Å². The van der Waals surface area contributed by atoms with Crippen molar-refractivity contribution in [2.75, 3.05) is 33.3 Å². The average molecular weight is 341 g/mol. The van der Waals surface area contributed by atoms with Gasteiger partial charge in [0.25, 0.3) is 0 Å². The monoisotopic (exact) mass is 341 g/mol. The minimum Gasteiger partial charge on any atom is -0.357 e. The second kappa shape index (κ2) is 10.8. The maximum Gasteiger partial charge on any atom is 0.234 e. The number of carbonyl (C=O) groups is 2. The van der Waals surface area contributed by atoms with Crippen molar-refractivity contribution in [3.8, 4) is 0 Å². The minimum atomic E-state index is -0.0753. The summed E-state index contributed by atoms with van der Waals surface area (Å²) in [4.78, 5) is 33.4. The molecule has 2 amide bonds. The highest BCUT2D eigenvalue weighted by atomic mass is 32.1. The predicted octanol–water partition coefficient (Wildman–Crippen LogP) is -0.103. The first-order valence-electron chi connectivity index (χ1n) is 7.13. The topological polar surface area (TPSA) is 101 Å². The van der Waals surface area contributed by atoms with Crippen LogP contribution < -0.4 is 11.1 Å². The summed E-state index contributed by atoms with van der Waals surface area (Å²) in [5, 5.41) is 3.75. The Morgan fingerprint density at radius 1 is 1.65 bits per heavy atom. The Labute approximate surface area is 139 Å². The summed E-state index contributed by atoms with van der Waals surface area (Å²) in [7, 11) is 2.01. The van der Waals surface area contributed by atoms with Gasteiger partial charge in [0.2, 0.25) is 12.8 Å². The van der Waals surface area contributed by atoms with Gasteiger partial charge in [0.05, 0.1) is 22.7 Å². The fraction of sp³-hybridized carbons (Fsp3) is 0.500. The molecule has 9 heteroatoms. The van der Waals surface area contributed by atoms with Crippen LogP contribution in [0.4, 0.5) is 0 Å². The van der Waals surface area contributed by atoms with Gasteiger partial charge in [-0.3, -0.25) is 19.3 Å². The van der Waals surface area contributed by atoms with Crippen LogP contribution in [-0.2, 0) is 21.0 Å². The van der Waals surface area contributed by atoms with Gasteiger partial charge in [0.15, 0.2) is 0 Å². The average Bonchev–Trinajstić information content (AvgIpc) is 3.02. The highest BCUT2D eigenvalue weighted by Gasteiger charge is 2.30. The minimum absolute atomic E-state index is 0.0753. The number of hydrogen-bond donors (Lipinski definition) is 2.